The van der Waals surface area contributed by atoms with E-state index >= 15 is 0 Å². The zero-order chi connectivity index (χ0) is 11.8. The summed E-state index contributed by atoms with van der Waals surface area (Å²) in [6.07, 6.45) is 0.0255. The molecule has 0 fully saturated rings. The Bertz CT molecular complexity index is 146. The van der Waals surface area contributed by atoms with E-state index in [1.54, 1.807) is 14.2 Å². The molecule has 0 aliphatic carbocycles. The van der Waals surface area contributed by atoms with Crippen molar-refractivity contribution in [2.45, 2.75) is 46.5 Å². The maximum absolute atomic E-state index is 10.0. The largest absolute Gasteiger partial charge is 0.463 e. The predicted octanol–water partition coefficient (Wildman–Crippen LogP) is 1.97. The number of carbonyl (C=O) groups excluding carboxylic acids is 1. The molecule has 0 aromatic rings. The number of methoxy groups -OCH3 is 2. The first-order chi connectivity index (χ1) is 6.25. The van der Waals surface area contributed by atoms with Crippen LogP contribution in [-0.4, -0.2) is 32.1 Å². The lowest BCUT2D eigenvalue weighted by Gasteiger charge is -2.19. The summed E-state index contributed by atoms with van der Waals surface area (Å²) in [5, 5.41) is 0. The number of ether oxygens (including phenoxy) is 3. The van der Waals surface area contributed by atoms with E-state index < -0.39 is 5.79 Å². The van der Waals surface area contributed by atoms with Gasteiger partial charge in [-0.05, 0) is 27.7 Å². The molecule has 0 atom stereocenters. The van der Waals surface area contributed by atoms with E-state index in [2.05, 4.69) is 4.74 Å². The molecule has 0 heterocycles. The fourth-order valence-corrected chi connectivity index (χ4v) is 0.415. The molecule has 0 N–H and O–H groups in total. The standard InChI is InChI=1S/C5H12O2.C5H10O2/c1-5(2,6-3)7-4;1-4(2)7-5(3)6/h1-4H3;4H,1-3H3. The van der Waals surface area contributed by atoms with Crippen LogP contribution < -0.4 is 0 Å². The van der Waals surface area contributed by atoms with Crippen molar-refractivity contribution in [2.75, 3.05) is 14.2 Å². The minimum absolute atomic E-state index is 0.0255. The van der Waals surface area contributed by atoms with Crippen molar-refractivity contribution in [3.8, 4) is 0 Å². The minimum Gasteiger partial charge on any atom is -0.463 e. The second kappa shape index (κ2) is 7.76. The van der Waals surface area contributed by atoms with E-state index in [0.717, 1.165) is 0 Å². The van der Waals surface area contributed by atoms with E-state index in [-0.39, 0.29) is 12.1 Å². The summed E-state index contributed by atoms with van der Waals surface area (Å²) < 4.78 is 14.3. The third-order valence-corrected chi connectivity index (χ3v) is 1.38. The van der Waals surface area contributed by atoms with Crippen molar-refractivity contribution in [2.24, 2.45) is 0 Å². The zero-order valence-electron chi connectivity index (χ0n) is 10.2. The molecule has 0 saturated carbocycles. The van der Waals surface area contributed by atoms with Crippen molar-refractivity contribution in [3.05, 3.63) is 0 Å². The molecule has 4 heteroatoms. The van der Waals surface area contributed by atoms with E-state index in [1.165, 1.54) is 6.92 Å². The number of hydrogen-bond acceptors (Lipinski definition) is 4. The molecule has 86 valence electrons. The molecule has 0 aromatic heterocycles. The van der Waals surface area contributed by atoms with Gasteiger partial charge >= 0.3 is 5.97 Å². The highest BCUT2D eigenvalue weighted by molar-refractivity contribution is 5.66. The SMILES string of the molecule is CC(=O)OC(C)C.COC(C)(C)OC. The Balaban J connectivity index is 0. The van der Waals surface area contributed by atoms with Crippen LogP contribution in [0.25, 0.3) is 0 Å². The first-order valence-corrected chi connectivity index (χ1v) is 4.52. The van der Waals surface area contributed by atoms with E-state index in [1.807, 2.05) is 27.7 Å². The highest BCUT2D eigenvalue weighted by Crippen LogP contribution is 2.05. The molecular formula is C10H22O4. The highest BCUT2D eigenvalue weighted by Gasteiger charge is 2.11. The van der Waals surface area contributed by atoms with Crippen LogP contribution in [0.5, 0.6) is 0 Å². The first kappa shape index (κ1) is 15.8. The Kier molecular flexibility index (Phi) is 8.79. The third kappa shape index (κ3) is 13.9. The smallest absolute Gasteiger partial charge is 0.302 e. The molecule has 0 amide bonds. The van der Waals surface area contributed by atoms with Crippen LogP contribution in [0.15, 0.2) is 0 Å². The van der Waals surface area contributed by atoms with Crippen molar-refractivity contribution in [1.82, 2.24) is 0 Å². The lowest BCUT2D eigenvalue weighted by Crippen LogP contribution is -2.24. The van der Waals surface area contributed by atoms with Crippen LogP contribution in [0.2, 0.25) is 0 Å². The quantitative estimate of drug-likeness (QED) is 0.523. The molecule has 0 bridgehead atoms. The lowest BCUT2D eigenvalue weighted by molar-refractivity contribution is -0.178. The fraction of sp³-hybridized carbons (Fsp3) is 0.900. The molecule has 0 spiro atoms. The number of rotatable bonds is 3. The van der Waals surface area contributed by atoms with Crippen LogP contribution in [0.3, 0.4) is 0 Å². The first-order valence-electron chi connectivity index (χ1n) is 4.52. The van der Waals surface area contributed by atoms with Gasteiger partial charge in [-0.3, -0.25) is 4.79 Å². The van der Waals surface area contributed by atoms with E-state index in [0.29, 0.717) is 0 Å². The molecule has 0 aliphatic rings. The van der Waals surface area contributed by atoms with Crippen LogP contribution in [0, 0.1) is 0 Å². The Morgan fingerprint density at radius 1 is 1.14 bits per heavy atom. The van der Waals surface area contributed by atoms with Gasteiger partial charge in [0, 0.05) is 21.1 Å². The van der Waals surface area contributed by atoms with Crippen LogP contribution in [0.4, 0.5) is 0 Å². The van der Waals surface area contributed by atoms with Crippen LogP contribution in [-0.2, 0) is 19.0 Å². The topological polar surface area (TPSA) is 44.8 Å². The molecule has 4 nitrogen and oxygen atoms in total. The predicted molar refractivity (Wildman–Crippen MR) is 55.0 cm³/mol. The number of esters is 1. The normalized spacial score (nSPS) is 10.6. The summed E-state index contributed by atoms with van der Waals surface area (Å²) in [6.45, 7) is 8.75. The fourth-order valence-electron chi connectivity index (χ4n) is 0.415. The van der Waals surface area contributed by atoms with Crippen molar-refractivity contribution < 1.29 is 19.0 Å². The van der Waals surface area contributed by atoms with Crippen molar-refractivity contribution in [3.63, 3.8) is 0 Å². The summed E-state index contributed by atoms with van der Waals surface area (Å²) in [6, 6.07) is 0. The average molecular weight is 206 g/mol. The number of carbonyl (C=O) groups is 1. The lowest BCUT2D eigenvalue weighted by atomic mass is 10.4. The molecular weight excluding hydrogens is 184 g/mol. The summed E-state index contributed by atoms with van der Waals surface area (Å²) in [7, 11) is 3.23. The van der Waals surface area contributed by atoms with Crippen LogP contribution in [0.1, 0.15) is 34.6 Å². The highest BCUT2D eigenvalue weighted by atomic mass is 16.7. The summed E-state index contributed by atoms with van der Waals surface area (Å²) in [5.74, 6) is -0.630. The second-order valence-electron chi connectivity index (χ2n) is 3.47. The Morgan fingerprint density at radius 3 is 1.50 bits per heavy atom. The zero-order valence-corrected chi connectivity index (χ0v) is 10.2. The Labute approximate surface area is 86.5 Å². The molecule has 14 heavy (non-hydrogen) atoms. The monoisotopic (exact) mass is 206 g/mol. The van der Waals surface area contributed by atoms with Gasteiger partial charge in [-0.15, -0.1) is 0 Å². The second-order valence-corrected chi connectivity index (χ2v) is 3.47. The van der Waals surface area contributed by atoms with E-state index in [4.69, 9.17) is 9.47 Å². The van der Waals surface area contributed by atoms with Gasteiger partial charge < -0.3 is 14.2 Å². The minimum atomic E-state index is -0.417. The van der Waals surface area contributed by atoms with Gasteiger partial charge in [0.05, 0.1) is 6.10 Å². The summed E-state index contributed by atoms with van der Waals surface area (Å²) in [4.78, 5) is 10.0. The van der Waals surface area contributed by atoms with Gasteiger partial charge in [0.25, 0.3) is 0 Å². The van der Waals surface area contributed by atoms with E-state index in [9.17, 15) is 4.79 Å². The van der Waals surface area contributed by atoms with Gasteiger partial charge in [0.15, 0.2) is 5.79 Å². The summed E-state index contributed by atoms with van der Waals surface area (Å²) in [5.41, 5.74) is 0. The molecule has 0 saturated heterocycles. The van der Waals surface area contributed by atoms with Gasteiger partial charge in [-0.25, -0.2) is 0 Å². The van der Waals surface area contributed by atoms with Gasteiger partial charge in [-0.1, -0.05) is 0 Å². The van der Waals surface area contributed by atoms with Crippen molar-refractivity contribution in [1.29, 1.82) is 0 Å². The molecule has 0 aliphatic heterocycles. The van der Waals surface area contributed by atoms with Gasteiger partial charge in [-0.2, -0.15) is 0 Å². The molecule has 0 unspecified atom stereocenters. The maximum atomic E-state index is 10.0. The third-order valence-electron chi connectivity index (χ3n) is 1.38. The number of hydrogen-bond donors (Lipinski definition) is 0. The molecule has 0 radical (unpaired) electrons. The molecule has 0 aromatic carbocycles. The summed E-state index contributed by atoms with van der Waals surface area (Å²) >= 11 is 0. The van der Waals surface area contributed by atoms with Gasteiger partial charge in [0.1, 0.15) is 0 Å². The average Bonchev–Trinajstić information content (AvgIpc) is 2.03. The van der Waals surface area contributed by atoms with Crippen molar-refractivity contribution >= 4 is 5.97 Å². The Morgan fingerprint density at radius 2 is 1.50 bits per heavy atom. The maximum Gasteiger partial charge on any atom is 0.302 e. The van der Waals surface area contributed by atoms with Gasteiger partial charge in [0.2, 0.25) is 0 Å². The molecule has 0 rings (SSSR count). The van der Waals surface area contributed by atoms with Crippen LogP contribution >= 0.6 is 0 Å². The Hall–Kier alpha value is -0.610.